The summed E-state index contributed by atoms with van der Waals surface area (Å²) in [6.07, 6.45) is 2.47. The maximum atomic E-state index is 11.1. The van der Waals surface area contributed by atoms with Crippen LogP contribution in [0.5, 0.6) is 0 Å². The summed E-state index contributed by atoms with van der Waals surface area (Å²) in [5.74, 6) is -0.905. The Bertz CT molecular complexity index is 224. The summed E-state index contributed by atoms with van der Waals surface area (Å²) in [4.78, 5) is 22.8. The van der Waals surface area contributed by atoms with Gasteiger partial charge in [0.2, 0.25) is 5.91 Å². The molecule has 4 nitrogen and oxygen atoms in total. The van der Waals surface area contributed by atoms with E-state index in [0.717, 1.165) is 0 Å². The summed E-state index contributed by atoms with van der Waals surface area (Å²) in [5, 5.41) is 8.50. The monoisotopic (exact) mass is 169 g/mol. The molecule has 0 radical (unpaired) electrons. The Morgan fingerprint density at radius 1 is 1.83 bits per heavy atom. The molecule has 1 saturated heterocycles. The lowest BCUT2D eigenvalue weighted by atomic mass is 10.1. The average molecular weight is 169 g/mol. The van der Waals surface area contributed by atoms with Crippen molar-refractivity contribution in [2.24, 2.45) is 0 Å². The molecule has 1 unspecified atom stereocenters. The topological polar surface area (TPSA) is 57.6 Å². The molecule has 1 rings (SSSR count). The summed E-state index contributed by atoms with van der Waals surface area (Å²) in [6.45, 7) is 3.46. The quantitative estimate of drug-likeness (QED) is 0.672. The van der Waals surface area contributed by atoms with E-state index in [0.29, 0.717) is 12.8 Å². The van der Waals surface area contributed by atoms with Gasteiger partial charge in [0, 0.05) is 12.5 Å². The zero-order valence-electron chi connectivity index (χ0n) is 6.69. The number of hydrogen-bond donors (Lipinski definition) is 1. The lowest BCUT2D eigenvalue weighted by Crippen LogP contribution is -2.29. The molecule has 0 aromatic carbocycles. The number of likely N-dealkylation sites (tertiary alicyclic amines) is 1. The van der Waals surface area contributed by atoms with Crippen LogP contribution in [0.15, 0.2) is 12.8 Å². The van der Waals surface area contributed by atoms with Crippen LogP contribution >= 0.6 is 0 Å². The van der Waals surface area contributed by atoms with Crippen LogP contribution in [-0.2, 0) is 9.59 Å². The molecule has 1 fully saturated rings. The van der Waals surface area contributed by atoms with Crippen molar-refractivity contribution >= 4 is 11.9 Å². The number of nitrogens with zero attached hydrogens (tertiary/aromatic N) is 1. The number of carbonyl (C=O) groups is 2. The van der Waals surface area contributed by atoms with Crippen LogP contribution in [0.25, 0.3) is 0 Å². The Labute approximate surface area is 70.5 Å². The molecule has 0 aromatic rings. The van der Waals surface area contributed by atoms with E-state index in [9.17, 15) is 9.59 Å². The number of carboxylic acids is 1. The Morgan fingerprint density at radius 3 is 3.00 bits per heavy atom. The summed E-state index contributed by atoms with van der Waals surface area (Å²) < 4.78 is 0. The second kappa shape index (κ2) is 3.38. The van der Waals surface area contributed by atoms with Crippen molar-refractivity contribution in [2.45, 2.75) is 25.3 Å². The van der Waals surface area contributed by atoms with E-state index in [1.165, 1.54) is 11.1 Å². The van der Waals surface area contributed by atoms with Crippen LogP contribution in [0, 0.1) is 0 Å². The van der Waals surface area contributed by atoms with Crippen molar-refractivity contribution in [1.82, 2.24) is 4.90 Å². The van der Waals surface area contributed by atoms with E-state index in [-0.39, 0.29) is 18.4 Å². The molecule has 4 heteroatoms. The summed E-state index contributed by atoms with van der Waals surface area (Å²) in [7, 11) is 0. The van der Waals surface area contributed by atoms with Gasteiger partial charge in [-0.05, 0) is 12.6 Å². The summed E-state index contributed by atoms with van der Waals surface area (Å²) >= 11 is 0. The van der Waals surface area contributed by atoms with Crippen molar-refractivity contribution in [3.63, 3.8) is 0 Å². The van der Waals surface area contributed by atoms with Crippen molar-refractivity contribution in [3.8, 4) is 0 Å². The third-order valence-electron chi connectivity index (χ3n) is 1.98. The second-order valence-electron chi connectivity index (χ2n) is 2.77. The van der Waals surface area contributed by atoms with Gasteiger partial charge >= 0.3 is 5.97 Å². The molecule has 0 spiro atoms. The Balaban J connectivity index is 2.60. The molecular weight excluding hydrogens is 158 g/mol. The van der Waals surface area contributed by atoms with Gasteiger partial charge in [0.05, 0.1) is 6.42 Å². The van der Waals surface area contributed by atoms with Gasteiger partial charge in [-0.25, -0.2) is 0 Å². The first-order chi connectivity index (χ1) is 5.65. The number of hydrogen-bond acceptors (Lipinski definition) is 2. The van der Waals surface area contributed by atoms with Gasteiger partial charge in [-0.1, -0.05) is 6.58 Å². The van der Waals surface area contributed by atoms with Crippen LogP contribution in [0.4, 0.5) is 0 Å². The van der Waals surface area contributed by atoms with E-state index in [4.69, 9.17) is 5.11 Å². The molecule has 0 saturated carbocycles. The zero-order valence-corrected chi connectivity index (χ0v) is 6.69. The molecule has 12 heavy (non-hydrogen) atoms. The van der Waals surface area contributed by atoms with E-state index in [1.54, 1.807) is 0 Å². The van der Waals surface area contributed by atoms with Gasteiger partial charge in [0.1, 0.15) is 0 Å². The molecular formula is C8H11NO3. The SMILES string of the molecule is C=CN1C(=O)CCC1CC(=O)O. The Morgan fingerprint density at radius 2 is 2.50 bits per heavy atom. The number of aliphatic carboxylic acids is 1. The third-order valence-corrected chi connectivity index (χ3v) is 1.98. The Hall–Kier alpha value is -1.32. The number of carbonyl (C=O) groups excluding carboxylic acids is 1. The van der Waals surface area contributed by atoms with E-state index < -0.39 is 5.97 Å². The fourth-order valence-electron chi connectivity index (χ4n) is 1.41. The van der Waals surface area contributed by atoms with Crippen molar-refractivity contribution in [2.75, 3.05) is 0 Å². The lowest BCUT2D eigenvalue weighted by molar-refractivity contribution is -0.138. The normalized spacial score (nSPS) is 22.8. The maximum Gasteiger partial charge on any atom is 0.305 e. The van der Waals surface area contributed by atoms with Crippen LogP contribution in [-0.4, -0.2) is 27.9 Å². The third kappa shape index (κ3) is 1.64. The highest BCUT2D eigenvalue weighted by atomic mass is 16.4. The molecule has 0 aromatic heterocycles. The van der Waals surface area contributed by atoms with E-state index in [2.05, 4.69) is 6.58 Å². The van der Waals surface area contributed by atoms with Gasteiger partial charge in [0.25, 0.3) is 0 Å². The van der Waals surface area contributed by atoms with Crippen LogP contribution in [0.2, 0.25) is 0 Å². The minimum Gasteiger partial charge on any atom is -0.481 e. The first kappa shape index (κ1) is 8.77. The van der Waals surface area contributed by atoms with Gasteiger partial charge in [0.15, 0.2) is 0 Å². The molecule has 1 amide bonds. The minimum absolute atomic E-state index is 0.0117. The second-order valence-corrected chi connectivity index (χ2v) is 2.77. The molecule has 1 N–H and O–H groups in total. The first-order valence-electron chi connectivity index (χ1n) is 3.80. The highest BCUT2D eigenvalue weighted by Gasteiger charge is 2.30. The summed E-state index contributed by atoms with van der Waals surface area (Å²) in [6, 6.07) is -0.188. The predicted molar refractivity (Wildman–Crippen MR) is 42.3 cm³/mol. The maximum absolute atomic E-state index is 11.1. The lowest BCUT2D eigenvalue weighted by Gasteiger charge is -2.17. The molecule has 1 atom stereocenters. The van der Waals surface area contributed by atoms with Crippen LogP contribution in [0.3, 0.4) is 0 Å². The number of carboxylic acid groups (broad SMARTS) is 1. The number of rotatable bonds is 3. The van der Waals surface area contributed by atoms with Gasteiger partial charge in [-0.3, -0.25) is 9.59 Å². The number of amides is 1. The fraction of sp³-hybridized carbons (Fsp3) is 0.500. The standard InChI is InChI=1S/C8H11NO3/c1-2-9-6(5-8(11)12)3-4-7(9)10/h2,6H,1,3-5H2,(H,11,12). The van der Waals surface area contributed by atoms with Crippen LogP contribution in [0.1, 0.15) is 19.3 Å². The Kier molecular flexibility index (Phi) is 2.47. The van der Waals surface area contributed by atoms with Gasteiger partial charge in [-0.2, -0.15) is 0 Å². The van der Waals surface area contributed by atoms with Crippen molar-refractivity contribution < 1.29 is 14.7 Å². The molecule has 0 bridgehead atoms. The fourth-order valence-corrected chi connectivity index (χ4v) is 1.41. The minimum atomic E-state index is -0.874. The smallest absolute Gasteiger partial charge is 0.305 e. The van der Waals surface area contributed by atoms with Crippen molar-refractivity contribution in [3.05, 3.63) is 12.8 Å². The van der Waals surface area contributed by atoms with Crippen molar-refractivity contribution in [1.29, 1.82) is 0 Å². The molecule has 1 heterocycles. The molecule has 1 aliphatic rings. The molecule has 1 aliphatic heterocycles. The molecule has 66 valence electrons. The van der Waals surface area contributed by atoms with E-state index in [1.807, 2.05) is 0 Å². The summed E-state index contributed by atoms with van der Waals surface area (Å²) in [5.41, 5.74) is 0. The largest absolute Gasteiger partial charge is 0.481 e. The first-order valence-corrected chi connectivity index (χ1v) is 3.80. The highest BCUT2D eigenvalue weighted by Crippen LogP contribution is 2.21. The predicted octanol–water partition coefficient (Wildman–Crippen LogP) is 0.596. The zero-order chi connectivity index (χ0) is 9.14. The molecule has 0 aliphatic carbocycles. The average Bonchev–Trinajstić information content (AvgIpc) is 2.30. The van der Waals surface area contributed by atoms with Gasteiger partial charge < -0.3 is 10.0 Å². The van der Waals surface area contributed by atoms with Gasteiger partial charge in [-0.15, -0.1) is 0 Å². The highest BCUT2D eigenvalue weighted by molar-refractivity contribution is 5.81. The van der Waals surface area contributed by atoms with E-state index >= 15 is 0 Å². The van der Waals surface area contributed by atoms with Crippen LogP contribution < -0.4 is 0 Å².